The molecule has 1 aromatic carbocycles. The van der Waals surface area contributed by atoms with Crippen LogP contribution in [0, 0.1) is 5.92 Å². The van der Waals surface area contributed by atoms with Gasteiger partial charge in [0.25, 0.3) is 0 Å². The topological polar surface area (TPSA) is 55.8 Å². The molecule has 1 amide bonds. The molecule has 0 saturated carbocycles. The maximum absolute atomic E-state index is 11.8. The molecule has 0 unspecified atom stereocenters. The fourth-order valence-corrected chi connectivity index (χ4v) is 2.00. The zero-order valence-electron chi connectivity index (χ0n) is 12.7. The van der Waals surface area contributed by atoms with Crippen LogP contribution in [0.1, 0.15) is 31.1 Å². The smallest absolute Gasteiger partial charge is 0.410 e. The number of nitrogens with zero attached hydrogens (tertiary/aromatic N) is 1. The Hall–Kier alpha value is -2.04. The summed E-state index contributed by atoms with van der Waals surface area (Å²) in [6, 6.07) is 8.88. The first kappa shape index (κ1) is 15.4. The average Bonchev–Trinajstić information content (AvgIpc) is 2.35. The SMILES string of the molecule is CC(C)(C)OC(=O)N1CC(COC(=O)c2ccccc2)C1. The third kappa shape index (κ3) is 4.48. The van der Waals surface area contributed by atoms with Crippen molar-refractivity contribution in [3.63, 3.8) is 0 Å². The zero-order chi connectivity index (χ0) is 15.5. The van der Waals surface area contributed by atoms with Gasteiger partial charge < -0.3 is 14.4 Å². The van der Waals surface area contributed by atoms with Gasteiger partial charge in [-0.3, -0.25) is 0 Å². The number of hydrogen-bond acceptors (Lipinski definition) is 4. The summed E-state index contributed by atoms with van der Waals surface area (Å²) < 4.78 is 10.5. The minimum Gasteiger partial charge on any atom is -0.462 e. The van der Waals surface area contributed by atoms with Crippen LogP contribution in [0.3, 0.4) is 0 Å². The Balaban J connectivity index is 1.69. The third-order valence-corrected chi connectivity index (χ3v) is 3.07. The van der Waals surface area contributed by atoms with Crippen LogP contribution in [-0.2, 0) is 9.47 Å². The summed E-state index contributed by atoms with van der Waals surface area (Å²) in [5.41, 5.74) is 0.0582. The zero-order valence-corrected chi connectivity index (χ0v) is 12.7. The Morgan fingerprint density at radius 2 is 1.81 bits per heavy atom. The molecule has 21 heavy (non-hydrogen) atoms. The van der Waals surface area contributed by atoms with Crippen molar-refractivity contribution in [2.75, 3.05) is 19.7 Å². The molecule has 0 aliphatic carbocycles. The molecule has 1 saturated heterocycles. The highest BCUT2D eigenvalue weighted by molar-refractivity contribution is 5.89. The molecule has 2 rings (SSSR count). The van der Waals surface area contributed by atoms with Gasteiger partial charge in [-0.05, 0) is 32.9 Å². The van der Waals surface area contributed by atoms with Crippen molar-refractivity contribution >= 4 is 12.1 Å². The molecular formula is C16H21NO4. The normalized spacial score (nSPS) is 15.3. The summed E-state index contributed by atoms with van der Waals surface area (Å²) in [5.74, 6) is -0.142. The monoisotopic (exact) mass is 291 g/mol. The number of carbonyl (C=O) groups excluding carboxylic acids is 2. The first-order valence-electron chi connectivity index (χ1n) is 7.05. The van der Waals surface area contributed by atoms with E-state index in [1.165, 1.54) is 0 Å². The van der Waals surface area contributed by atoms with Crippen molar-refractivity contribution in [3.05, 3.63) is 35.9 Å². The summed E-state index contributed by atoms with van der Waals surface area (Å²) >= 11 is 0. The van der Waals surface area contributed by atoms with E-state index in [9.17, 15) is 9.59 Å². The van der Waals surface area contributed by atoms with Crippen molar-refractivity contribution in [1.82, 2.24) is 4.90 Å². The first-order valence-corrected chi connectivity index (χ1v) is 7.05. The summed E-state index contributed by atoms with van der Waals surface area (Å²) in [5, 5.41) is 0. The van der Waals surface area contributed by atoms with Gasteiger partial charge in [0, 0.05) is 19.0 Å². The second-order valence-electron chi connectivity index (χ2n) is 6.22. The Labute approximate surface area is 124 Å². The minimum atomic E-state index is -0.484. The van der Waals surface area contributed by atoms with Crippen LogP contribution >= 0.6 is 0 Å². The molecule has 5 heteroatoms. The maximum atomic E-state index is 11.8. The van der Waals surface area contributed by atoms with E-state index < -0.39 is 5.60 Å². The number of amides is 1. The number of hydrogen-bond donors (Lipinski definition) is 0. The second-order valence-corrected chi connectivity index (χ2v) is 6.22. The molecule has 0 aromatic heterocycles. The molecule has 0 bridgehead atoms. The second kappa shape index (κ2) is 6.16. The third-order valence-electron chi connectivity index (χ3n) is 3.07. The lowest BCUT2D eigenvalue weighted by Gasteiger charge is -2.39. The number of ether oxygens (including phenoxy) is 2. The average molecular weight is 291 g/mol. The molecule has 1 fully saturated rings. The lowest BCUT2D eigenvalue weighted by molar-refractivity contribution is -0.0154. The molecule has 5 nitrogen and oxygen atoms in total. The van der Waals surface area contributed by atoms with Gasteiger partial charge in [-0.25, -0.2) is 9.59 Å². The summed E-state index contributed by atoms with van der Waals surface area (Å²) in [4.78, 5) is 25.1. The molecule has 0 N–H and O–H groups in total. The highest BCUT2D eigenvalue weighted by Gasteiger charge is 2.34. The van der Waals surface area contributed by atoms with E-state index in [0.29, 0.717) is 25.3 Å². The highest BCUT2D eigenvalue weighted by Crippen LogP contribution is 2.20. The molecule has 0 atom stereocenters. The maximum Gasteiger partial charge on any atom is 0.410 e. The Kier molecular flexibility index (Phi) is 4.50. The van der Waals surface area contributed by atoms with Gasteiger partial charge in [-0.2, -0.15) is 0 Å². The van der Waals surface area contributed by atoms with E-state index in [-0.39, 0.29) is 18.0 Å². The van der Waals surface area contributed by atoms with Crippen LogP contribution in [0.4, 0.5) is 4.79 Å². The van der Waals surface area contributed by atoms with Gasteiger partial charge >= 0.3 is 12.1 Å². The number of esters is 1. The minimum absolute atomic E-state index is 0.185. The van der Waals surface area contributed by atoms with E-state index in [0.717, 1.165) is 0 Å². The van der Waals surface area contributed by atoms with Gasteiger partial charge in [-0.15, -0.1) is 0 Å². The standard InChI is InChI=1S/C16H21NO4/c1-16(2,3)21-15(19)17-9-12(10-17)11-20-14(18)13-7-5-4-6-8-13/h4-8,12H,9-11H2,1-3H3. The van der Waals surface area contributed by atoms with Crippen molar-refractivity contribution in [2.24, 2.45) is 5.92 Å². The van der Waals surface area contributed by atoms with E-state index >= 15 is 0 Å². The Morgan fingerprint density at radius 1 is 1.19 bits per heavy atom. The first-order chi connectivity index (χ1) is 9.85. The van der Waals surface area contributed by atoms with E-state index in [1.54, 1.807) is 29.2 Å². The molecule has 0 spiro atoms. The van der Waals surface area contributed by atoms with Crippen LogP contribution in [0.25, 0.3) is 0 Å². The van der Waals surface area contributed by atoms with E-state index in [1.807, 2.05) is 26.8 Å². The number of likely N-dealkylation sites (tertiary alicyclic amines) is 1. The Morgan fingerprint density at radius 3 is 2.38 bits per heavy atom. The van der Waals surface area contributed by atoms with Crippen molar-refractivity contribution in [1.29, 1.82) is 0 Å². The van der Waals surface area contributed by atoms with Gasteiger partial charge in [0.15, 0.2) is 0 Å². The molecule has 1 aliphatic heterocycles. The van der Waals surface area contributed by atoms with E-state index in [4.69, 9.17) is 9.47 Å². The number of rotatable bonds is 3. The fourth-order valence-electron chi connectivity index (χ4n) is 2.00. The Bertz CT molecular complexity index is 501. The molecule has 1 aromatic rings. The van der Waals surface area contributed by atoms with Gasteiger partial charge in [-0.1, -0.05) is 18.2 Å². The number of carbonyl (C=O) groups is 2. The van der Waals surface area contributed by atoms with E-state index in [2.05, 4.69) is 0 Å². The van der Waals surface area contributed by atoms with Gasteiger partial charge in [0.2, 0.25) is 0 Å². The van der Waals surface area contributed by atoms with Crippen LogP contribution < -0.4 is 0 Å². The molecule has 1 heterocycles. The van der Waals surface area contributed by atoms with Crippen LogP contribution in [-0.4, -0.2) is 42.3 Å². The predicted octanol–water partition coefficient (Wildman–Crippen LogP) is 2.71. The largest absolute Gasteiger partial charge is 0.462 e. The van der Waals surface area contributed by atoms with Crippen LogP contribution in [0.2, 0.25) is 0 Å². The summed E-state index contributed by atoms with van der Waals surface area (Å²) in [6.45, 7) is 6.97. The lowest BCUT2D eigenvalue weighted by Crippen LogP contribution is -2.53. The highest BCUT2D eigenvalue weighted by atomic mass is 16.6. The molecular weight excluding hydrogens is 270 g/mol. The van der Waals surface area contributed by atoms with Crippen LogP contribution in [0.5, 0.6) is 0 Å². The van der Waals surface area contributed by atoms with Crippen molar-refractivity contribution < 1.29 is 19.1 Å². The summed E-state index contributed by atoms with van der Waals surface area (Å²) in [7, 11) is 0. The molecule has 0 radical (unpaired) electrons. The van der Waals surface area contributed by atoms with Gasteiger partial charge in [0.1, 0.15) is 5.60 Å². The summed E-state index contributed by atoms with van der Waals surface area (Å²) in [6.07, 6.45) is -0.312. The number of benzene rings is 1. The molecule has 114 valence electrons. The lowest BCUT2D eigenvalue weighted by atomic mass is 10.0. The fraction of sp³-hybridized carbons (Fsp3) is 0.500. The van der Waals surface area contributed by atoms with Crippen LogP contribution in [0.15, 0.2) is 30.3 Å². The predicted molar refractivity (Wildman–Crippen MR) is 78.0 cm³/mol. The van der Waals surface area contributed by atoms with Crippen molar-refractivity contribution in [3.8, 4) is 0 Å². The van der Waals surface area contributed by atoms with Crippen molar-refractivity contribution in [2.45, 2.75) is 26.4 Å². The molecule has 1 aliphatic rings. The quantitative estimate of drug-likeness (QED) is 0.803. The van der Waals surface area contributed by atoms with Gasteiger partial charge in [0.05, 0.1) is 12.2 Å².